The Hall–Kier alpha value is -1.93. The molecule has 1 fully saturated rings. The van der Waals surface area contributed by atoms with Gasteiger partial charge in [0.25, 0.3) is 0 Å². The van der Waals surface area contributed by atoms with Crippen LogP contribution in [0.3, 0.4) is 0 Å². The van der Waals surface area contributed by atoms with E-state index in [1.54, 1.807) is 10.9 Å². The Morgan fingerprint density at radius 2 is 1.85 bits per heavy atom. The second-order valence-electron chi connectivity index (χ2n) is 5.99. The van der Waals surface area contributed by atoms with Crippen LogP contribution in [0.2, 0.25) is 10.3 Å². The number of hydrogen-bond acceptors (Lipinski definition) is 6. The molecular weight excluding hydrogens is 375 g/mol. The molecule has 4 rings (SSSR count). The van der Waals surface area contributed by atoms with Gasteiger partial charge in [0.05, 0.1) is 30.5 Å². The Bertz CT molecular complexity index is 892. The minimum Gasteiger partial charge on any atom is -0.379 e. The van der Waals surface area contributed by atoms with Gasteiger partial charge in [-0.1, -0.05) is 11.6 Å². The van der Waals surface area contributed by atoms with Gasteiger partial charge in [0, 0.05) is 31.2 Å². The topological polar surface area (TPSA) is 68.1 Å². The number of morpholine rings is 1. The number of halogens is 2. The summed E-state index contributed by atoms with van der Waals surface area (Å²) in [4.78, 5) is 11.0. The molecule has 3 aromatic rings. The van der Waals surface area contributed by atoms with Crippen LogP contribution in [0.15, 0.2) is 30.5 Å². The van der Waals surface area contributed by atoms with E-state index in [-0.39, 0.29) is 5.28 Å². The summed E-state index contributed by atoms with van der Waals surface area (Å²) in [5.41, 5.74) is 1.51. The minimum absolute atomic E-state index is 0.182. The molecule has 9 heteroatoms. The van der Waals surface area contributed by atoms with Crippen molar-refractivity contribution >= 4 is 40.1 Å². The van der Waals surface area contributed by atoms with Gasteiger partial charge in [0.2, 0.25) is 5.28 Å². The fourth-order valence-corrected chi connectivity index (χ4v) is 3.24. The third kappa shape index (κ3) is 3.76. The summed E-state index contributed by atoms with van der Waals surface area (Å²) in [6, 6.07) is 7.40. The lowest BCUT2D eigenvalue weighted by Gasteiger charge is -2.26. The maximum Gasteiger partial charge on any atom is 0.226 e. The molecule has 3 heterocycles. The number of hydrogen-bond donors (Lipinski definition) is 1. The van der Waals surface area contributed by atoms with Crippen LogP contribution in [-0.4, -0.2) is 64.0 Å². The molecule has 0 spiro atoms. The van der Waals surface area contributed by atoms with Crippen molar-refractivity contribution in [3.05, 3.63) is 40.8 Å². The number of nitrogens with zero attached hydrogens (tertiary/aromatic N) is 5. The molecule has 0 bridgehead atoms. The monoisotopic (exact) mass is 392 g/mol. The minimum atomic E-state index is 0.182. The van der Waals surface area contributed by atoms with Crippen molar-refractivity contribution in [3.8, 4) is 5.69 Å². The Morgan fingerprint density at radius 1 is 1.08 bits per heavy atom. The molecule has 0 atom stereocenters. The highest BCUT2D eigenvalue weighted by atomic mass is 35.5. The Kier molecular flexibility index (Phi) is 5.21. The predicted molar refractivity (Wildman–Crippen MR) is 102 cm³/mol. The van der Waals surface area contributed by atoms with Gasteiger partial charge in [-0.25, -0.2) is 4.68 Å². The average Bonchev–Trinajstić information content (AvgIpc) is 3.07. The van der Waals surface area contributed by atoms with Crippen molar-refractivity contribution in [2.45, 2.75) is 0 Å². The van der Waals surface area contributed by atoms with Gasteiger partial charge < -0.3 is 10.1 Å². The molecule has 0 unspecified atom stereocenters. The van der Waals surface area contributed by atoms with Crippen molar-refractivity contribution in [1.29, 1.82) is 0 Å². The number of aromatic nitrogens is 4. The molecule has 0 radical (unpaired) electrons. The standard InChI is InChI=1S/C17H18Cl2N6O/c18-12-1-3-13(4-2-12)25-16-14(11-21-25)15(22-17(19)23-16)20-5-6-24-7-9-26-10-8-24/h1-4,11H,5-10H2,(H,20,22,23). The lowest BCUT2D eigenvalue weighted by molar-refractivity contribution is 0.0398. The lowest BCUT2D eigenvalue weighted by atomic mass is 10.3. The van der Waals surface area contributed by atoms with Crippen LogP contribution in [0, 0.1) is 0 Å². The van der Waals surface area contributed by atoms with Crippen LogP contribution in [0.5, 0.6) is 0 Å². The van der Waals surface area contributed by atoms with Gasteiger partial charge in [-0.05, 0) is 35.9 Å². The van der Waals surface area contributed by atoms with Crippen LogP contribution < -0.4 is 5.32 Å². The second-order valence-corrected chi connectivity index (χ2v) is 6.77. The number of ether oxygens (including phenoxy) is 1. The van der Waals surface area contributed by atoms with Gasteiger partial charge in [-0.3, -0.25) is 4.90 Å². The largest absolute Gasteiger partial charge is 0.379 e. The summed E-state index contributed by atoms with van der Waals surface area (Å²) in [5, 5.41) is 9.48. The summed E-state index contributed by atoms with van der Waals surface area (Å²) in [6.45, 7) is 5.16. The van der Waals surface area contributed by atoms with E-state index in [0.717, 1.165) is 50.5 Å². The molecule has 0 saturated carbocycles. The fraction of sp³-hybridized carbons (Fsp3) is 0.353. The van der Waals surface area contributed by atoms with E-state index in [9.17, 15) is 0 Å². The van der Waals surface area contributed by atoms with Crippen molar-refractivity contribution < 1.29 is 4.74 Å². The molecule has 136 valence electrons. The van der Waals surface area contributed by atoms with E-state index in [4.69, 9.17) is 27.9 Å². The normalized spacial score (nSPS) is 15.5. The molecule has 0 aliphatic carbocycles. The highest BCUT2D eigenvalue weighted by molar-refractivity contribution is 6.30. The number of anilines is 1. The Morgan fingerprint density at radius 3 is 2.62 bits per heavy atom. The maximum atomic E-state index is 6.14. The molecule has 1 aliphatic rings. The molecule has 0 amide bonds. The first-order valence-electron chi connectivity index (χ1n) is 8.42. The smallest absolute Gasteiger partial charge is 0.226 e. The van der Waals surface area contributed by atoms with Crippen molar-refractivity contribution in [2.24, 2.45) is 0 Å². The first-order valence-corrected chi connectivity index (χ1v) is 9.17. The summed E-state index contributed by atoms with van der Waals surface area (Å²) in [6.07, 6.45) is 1.75. The van der Waals surface area contributed by atoms with Crippen LogP contribution >= 0.6 is 23.2 Å². The van der Waals surface area contributed by atoms with Crippen LogP contribution in [0.1, 0.15) is 0 Å². The van der Waals surface area contributed by atoms with E-state index in [1.165, 1.54) is 0 Å². The van der Waals surface area contributed by atoms with E-state index in [0.29, 0.717) is 16.5 Å². The Balaban J connectivity index is 1.56. The maximum absolute atomic E-state index is 6.14. The Labute approximate surface area is 160 Å². The lowest BCUT2D eigenvalue weighted by Crippen LogP contribution is -2.39. The summed E-state index contributed by atoms with van der Waals surface area (Å²) in [7, 11) is 0. The predicted octanol–water partition coefficient (Wildman–Crippen LogP) is 2.87. The SMILES string of the molecule is Clc1ccc(-n2ncc3c(NCCN4CCOCC4)nc(Cl)nc32)cc1. The van der Waals surface area contributed by atoms with Crippen molar-refractivity contribution in [3.63, 3.8) is 0 Å². The molecule has 1 N–H and O–H groups in total. The van der Waals surface area contributed by atoms with Crippen LogP contribution in [-0.2, 0) is 4.74 Å². The summed E-state index contributed by atoms with van der Waals surface area (Å²) >= 11 is 12.1. The van der Waals surface area contributed by atoms with Gasteiger partial charge >= 0.3 is 0 Å². The first-order chi connectivity index (χ1) is 12.7. The molecule has 2 aromatic heterocycles. The second kappa shape index (κ2) is 7.75. The van der Waals surface area contributed by atoms with E-state index >= 15 is 0 Å². The molecule has 1 saturated heterocycles. The summed E-state index contributed by atoms with van der Waals surface area (Å²) < 4.78 is 7.10. The zero-order valence-electron chi connectivity index (χ0n) is 14.0. The number of fused-ring (bicyclic) bond motifs is 1. The third-order valence-electron chi connectivity index (χ3n) is 4.30. The van der Waals surface area contributed by atoms with Gasteiger partial charge in [-0.15, -0.1) is 0 Å². The van der Waals surface area contributed by atoms with Crippen molar-refractivity contribution in [1.82, 2.24) is 24.6 Å². The highest BCUT2D eigenvalue weighted by Gasteiger charge is 2.14. The summed E-state index contributed by atoms with van der Waals surface area (Å²) in [5.74, 6) is 0.688. The molecule has 1 aromatic carbocycles. The van der Waals surface area contributed by atoms with Gasteiger partial charge in [-0.2, -0.15) is 15.1 Å². The molecular formula is C17H18Cl2N6O. The molecule has 26 heavy (non-hydrogen) atoms. The fourth-order valence-electron chi connectivity index (χ4n) is 2.94. The highest BCUT2D eigenvalue weighted by Crippen LogP contribution is 2.24. The van der Waals surface area contributed by atoms with Gasteiger partial charge in [0.1, 0.15) is 5.82 Å². The van der Waals surface area contributed by atoms with Crippen LogP contribution in [0.25, 0.3) is 16.7 Å². The van der Waals surface area contributed by atoms with Crippen LogP contribution in [0.4, 0.5) is 5.82 Å². The number of nitrogens with one attached hydrogen (secondary N) is 1. The third-order valence-corrected chi connectivity index (χ3v) is 4.72. The molecule has 1 aliphatic heterocycles. The van der Waals surface area contributed by atoms with Gasteiger partial charge in [0.15, 0.2) is 5.65 Å². The van der Waals surface area contributed by atoms with Crippen molar-refractivity contribution in [2.75, 3.05) is 44.7 Å². The number of rotatable bonds is 5. The zero-order valence-corrected chi connectivity index (χ0v) is 15.5. The number of benzene rings is 1. The zero-order chi connectivity index (χ0) is 17.9. The molecule has 7 nitrogen and oxygen atoms in total. The van der Waals surface area contributed by atoms with E-state index in [1.807, 2.05) is 24.3 Å². The van der Waals surface area contributed by atoms with E-state index in [2.05, 4.69) is 25.3 Å². The first kappa shape index (κ1) is 17.5. The van der Waals surface area contributed by atoms with E-state index < -0.39 is 0 Å². The quantitative estimate of drug-likeness (QED) is 0.673. The average molecular weight is 393 g/mol.